The van der Waals surface area contributed by atoms with Gasteiger partial charge in [-0.15, -0.1) is 0 Å². The van der Waals surface area contributed by atoms with Gasteiger partial charge in [-0.25, -0.2) is 9.78 Å². The lowest BCUT2D eigenvalue weighted by Gasteiger charge is -2.22. The third kappa shape index (κ3) is 3.04. The maximum atomic E-state index is 12.7. The fourth-order valence-electron chi connectivity index (χ4n) is 3.69. The molecule has 3 aromatic heterocycles. The molecule has 4 heterocycles. The number of nitrogens with zero attached hydrogens (tertiary/aromatic N) is 3. The molecule has 0 amide bonds. The van der Waals surface area contributed by atoms with Crippen LogP contribution in [0.4, 0.5) is 5.69 Å². The summed E-state index contributed by atoms with van der Waals surface area (Å²) in [5.41, 5.74) is 2.85. The van der Waals surface area contributed by atoms with Crippen LogP contribution >= 0.6 is 11.6 Å². The van der Waals surface area contributed by atoms with E-state index in [1.165, 1.54) is 0 Å². The maximum Gasteiger partial charge on any atom is 0.345 e. The highest BCUT2D eigenvalue weighted by Crippen LogP contribution is 2.26. The van der Waals surface area contributed by atoms with Gasteiger partial charge in [0.2, 0.25) is 0 Å². The minimum atomic E-state index is -0.401. The van der Waals surface area contributed by atoms with E-state index in [4.69, 9.17) is 16.0 Å². The van der Waals surface area contributed by atoms with Gasteiger partial charge in [0.1, 0.15) is 5.58 Å². The predicted molar refractivity (Wildman–Crippen MR) is 111 cm³/mol. The standard InChI is InChI=1S/C21H19ClN4O2/c22-17-3-1-8-26-13-18(24-20(17)26)16-11-14-4-5-15(12-19(14)28-21(16)27)25-9-2-6-23-7-10-25/h1,3-5,8,11-13,23H,2,6-7,9-10H2. The Morgan fingerprint density at radius 2 is 2.07 bits per heavy atom. The number of imidazole rings is 1. The van der Waals surface area contributed by atoms with Crippen molar-refractivity contribution in [3.63, 3.8) is 0 Å². The first-order valence-electron chi connectivity index (χ1n) is 9.36. The average molecular weight is 395 g/mol. The van der Waals surface area contributed by atoms with Crippen LogP contribution in [0.15, 0.2) is 58.0 Å². The first-order valence-corrected chi connectivity index (χ1v) is 9.74. The van der Waals surface area contributed by atoms with Gasteiger partial charge in [-0.2, -0.15) is 0 Å². The fraction of sp³-hybridized carbons (Fsp3) is 0.238. The maximum absolute atomic E-state index is 12.7. The first kappa shape index (κ1) is 17.3. The Kier molecular flexibility index (Phi) is 4.30. The molecule has 1 aromatic carbocycles. The van der Waals surface area contributed by atoms with Crippen molar-refractivity contribution in [3.05, 3.63) is 64.2 Å². The van der Waals surface area contributed by atoms with E-state index < -0.39 is 5.63 Å². The number of anilines is 1. The molecule has 1 aliphatic rings. The summed E-state index contributed by atoms with van der Waals surface area (Å²) in [5.74, 6) is 0. The van der Waals surface area contributed by atoms with Crippen LogP contribution in [0, 0.1) is 0 Å². The number of fused-ring (bicyclic) bond motifs is 2. The van der Waals surface area contributed by atoms with Gasteiger partial charge in [0.05, 0.1) is 16.3 Å². The fourth-order valence-corrected chi connectivity index (χ4v) is 3.90. The molecule has 6 nitrogen and oxygen atoms in total. The second-order valence-electron chi connectivity index (χ2n) is 6.97. The molecule has 0 aliphatic carbocycles. The zero-order chi connectivity index (χ0) is 19.1. The summed E-state index contributed by atoms with van der Waals surface area (Å²) in [4.78, 5) is 19.5. The van der Waals surface area contributed by atoms with Gasteiger partial charge in [-0.05, 0) is 43.3 Å². The average Bonchev–Trinajstić information content (AvgIpc) is 2.95. The monoisotopic (exact) mass is 394 g/mol. The minimum absolute atomic E-state index is 0.401. The van der Waals surface area contributed by atoms with E-state index in [0.717, 1.165) is 43.7 Å². The summed E-state index contributed by atoms with van der Waals surface area (Å²) >= 11 is 6.20. The molecule has 0 unspecified atom stereocenters. The quantitative estimate of drug-likeness (QED) is 0.527. The summed E-state index contributed by atoms with van der Waals surface area (Å²) in [6.45, 7) is 3.92. The van der Waals surface area contributed by atoms with Gasteiger partial charge in [0.15, 0.2) is 5.65 Å². The van der Waals surface area contributed by atoms with Crippen molar-refractivity contribution >= 4 is 33.9 Å². The minimum Gasteiger partial charge on any atom is -0.422 e. The van der Waals surface area contributed by atoms with E-state index in [0.29, 0.717) is 27.5 Å². The van der Waals surface area contributed by atoms with Crippen LogP contribution < -0.4 is 15.8 Å². The number of halogens is 1. The Bertz CT molecular complexity index is 1220. The third-order valence-corrected chi connectivity index (χ3v) is 5.43. The van der Waals surface area contributed by atoms with Crippen LogP contribution in [0.2, 0.25) is 5.02 Å². The van der Waals surface area contributed by atoms with Crippen LogP contribution in [0.3, 0.4) is 0 Å². The van der Waals surface area contributed by atoms with Crippen molar-refractivity contribution in [2.45, 2.75) is 6.42 Å². The number of pyridine rings is 1. The van der Waals surface area contributed by atoms with E-state index in [9.17, 15) is 4.79 Å². The summed E-state index contributed by atoms with van der Waals surface area (Å²) in [5, 5.41) is 4.81. The molecule has 0 radical (unpaired) electrons. The van der Waals surface area contributed by atoms with Crippen molar-refractivity contribution in [1.29, 1.82) is 0 Å². The number of hydrogen-bond acceptors (Lipinski definition) is 5. The Morgan fingerprint density at radius 3 is 2.96 bits per heavy atom. The van der Waals surface area contributed by atoms with Crippen LogP contribution in [0.25, 0.3) is 27.9 Å². The van der Waals surface area contributed by atoms with E-state index in [1.54, 1.807) is 16.7 Å². The molecule has 4 aromatic rings. The highest BCUT2D eigenvalue weighted by Gasteiger charge is 2.15. The molecule has 0 bridgehead atoms. The highest BCUT2D eigenvalue weighted by atomic mass is 35.5. The molecule has 0 saturated carbocycles. The van der Waals surface area contributed by atoms with Crippen molar-refractivity contribution < 1.29 is 4.42 Å². The number of hydrogen-bond donors (Lipinski definition) is 1. The first-order chi connectivity index (χ1) is 13.7. The van der Waals surface area contributed by atoms with E-state index >= 15 is 0 Å². The van der Waals surface area contributed by atoms with Gasteiger partial charge in [0.25, 0.3) is 0 Å². The molecule has 7 heteroatoms. The van der Waals surface area contributed by atoms with Crippen LogP contribution in [-0.4, -0.2) is 35.6 Å². The normalized spacial score (nSPS) is 15.2. The summed E-state index contributed by atoms with van der Waals surface area (Å²) in [7, 11) is 0. The van der Waals surface area contributed by atoms with Crippen molar-refractivity contribution in [3.8, 4) is 11.3 Å². The topological polar surface area (TPSA) is 62.8 Å². The molecule has 1 N–H and O–H groups in total. The van der Waals surface area contributed by atoms with Gasteiger partial charge in [-0.3, -0.25) is 0 Å². The molecule has 142 valence electrons. The van der Waals surface area contributed by atoms with Gasteiger partial charge >= 0.3 is 5.63 Å². The second kappa shape index (κ2) is 6.96. The molecular weight excluding hydrogens is 376 g/mol. The molecule has 5 rings (SSSR count). The lowest BCUT2D eigenvalue weighted by molar-refractivity contribution is 0.563. The molecule has 28 heavy (non-hydrogen) atoms. The number of aromatic nitrogens is 2. The molecule has 0 atom stereocenters. The van der Waals surface area contributed by atoms with Gasteiger partial charge < -0.3 is 19.0 Å². The Hall–Kier alpha value is -2.83. The van der Waals surface area contributed by atoms with Gasteiger partial charge in [-0.1, -0.05) is 11.6 Å². The Labute approximate surface area is 166 Å². The molecule has 1 aliphatic heterocycles. The predicted octanol–water partition coefficient (Wildman–Crippen LogP) is 3.56. The van der Waals surface area contributed by atoms with E-state index in [1.807, 2.05) is 30.5 Å². The molecular formula is C21H19ClN4O2. The summed E-state index contributed by atoms with van der Waals surface area (Å²) in [6, 6.07) is 11.5. The zero-order valence-electron chi connectivity index (χ0n) is 15.2. The number of nitrogens with one attached hydrogen (secondary N) is 1. The Balaban J connectivity index is 1.57. The molecule has 1 fully saturated rings. The number of rotatable bonds is 2. The van der Waals surface area contributed by atoms with Gasteiger partial charge in [0, 0.05) is 49.2 Å². The smallest absolute Gasteiger partial charge is 0.345 e. The largest absolute Gasteiger partial charge is 0.422 e. The van der Waals surface area contributed by atoms with Crippen molar-refractivity contribution in [2.75, 3.05) is 31.1 Å². The van der Waals surface area contributed by atoms with Crippen LogP contribution in [-0.2, 0) is 0 Å². The summed E-state index contributed by atoms with van der Waals surface area (Å²) < 4.78 is 7.46. The van der Waals surface area contributed by atoms with Crippen molar-refractivity contribution in [2.24, 2.45) is 0 Å². The Morgan fingerprint density at radius 1 is 1.14 bits per heavy atom. The summed E-state index contributed by atoms with van der Waals surface area (Å²) in [6.07, 6.45) is 4.73. The van der Waals surface area contributed by atoms with Crippen LogP contribution in [0.1, 0.15) is 6.42 Å². The molecule has 1 saturated heterocycles. The van der Waals surface area contributed by atoms with Crippen molar-refractivity contribution in [1.82, 2.24) is 14.7 Å². The lowest BCUT2D eigenvalue weighted by atomic mass is 10.1. The zero-order valence-corrected chi connectivity index (χ0v) is 15.9. The van der Waals surface area contributed by atoms with Crippen LogP contribution in [0.5, 0.6) is 0 Å². The second-order valence-corrected chi connectivity index (χ2v) is 7.38. The SMILES string of the molecule is O=c1oc2cc(N3CCCNCC3)ccc2cc1-c1cn2cccc(Cl)c2n1. The third-order valence-electron chi connectivity index (χ3n) is 5.14. The van der Waals surface area contributed by atoms with E-state index in [-0.39, 0.29) is 0 Å². The molecule has 0 spiro atoms. The number of benzene rings is 1. The highest BCUT2D eigenvalue weighted by molar-refractivity contribution is 6.33. The lowest BCUT2D eigenvalue weighted by Crippen LogP contribution is -2.27. The van der Waals surface area contributed by atoms with E-state index in [2.05, 4.69) is 21.3 Å².